The number of nitrogens with one attached hydrogen (secondary N) is 2. The summed E-state index contributed by atoms with van der Waals surface area (Å²) in [5.74, 6) is 0. The number of carbonyl (C=O) groups is 1. The molecule has 0 aromatic heterocycles. The van der Waals surface area contributed by atoms with Gasteiger partial charge >= 0.3 is 6.03 Å². The zero-order valence-corrected chi connectivity index (χ0v) is 12.6. The molecule has 3 N–H and O–H groups in total. The van der Waals surface area contributed by atoms with Crippen LogP contribution in [0.15, 0.2) is 0 Å². The summed E-state index contributed by atoms with van der Waals surface area (Å²) in [6, 6.07) is 0.109. The Labute approximate surface area is 122 Å². The first-order chi connectivity index (χ1) is 9.69. The molecule has 2 rings (SSSR count). The molecule has 0 aromatic carbocycles. The quantitative estimate of drug-likeness (QED) is 0.732. The number of hydrogen-bond acceptors (Lipinski definition) is 3. The Morgan fingerprint density at radius 1 is 1.15 bits per heavy atom. The molecule has 0 unspecified atom stereocenters. The van der Waals surface area contributed by atoms with Crippen molar-refractivity contribution in [3.8, 4) is 0 Å². The fourth-order valence-electron chi connectivity index (χ4n) is 3.29. The second kappa shape index (κ2) is 7.84. The highest BCUT2D eigenvalue weighted by Crippen LogP contribution is 2.18. The van der Waals surface area contributed by atoms with Crippen molar-refractivity contribution < 1.29 is 9.90 Å². The van der Waals surface area contributed by atoms with Gasteiger partial charge in [0.2, 0.25) is 0 Å². The number of piperidine rings is 1. The van der Waals surface area contributed by atoms with Gasteiger partial charge in [-0.25, -0.2) is 4.79 Å². The lowest BCUT2D eigenvalue weighted by Crippen LogP contribution is -2.53. The van der Waals surface area contributed by atoms with Gasteiger partial charge in [0.05, 0.1) is 12.1 Å². The molecule has 116 valence electrons. The molecule has 0 radical (unpaired) electrons. The lowest BCUT2D eigenvalue weighted by atomic mass is 9.93. The molecule has 2 amide bonds. The fourth-order valence-corrected chi connectivity index (χ4v) is 3.29. The topological polar surface area (TPSA) is 64.6 Å². The number of aliphatic hydroxyl groups excluding tert-OH is 1. The summed E-state index contributed by atoms with van der Waals surface area (Å²) in [5.41, 5.74) is 0. The van der Waals surface area contributed by atoms with Crippen LogP contribution in [-0.4, -0.2) is 53.9 Å². The predicted molar refractivity (Wildman–Crippen MR) is 79.7 cm³/mol. The van der Waals surface area contributed by atoms with Crippen LogP contribution in [0.1, 0.15) is 51.9 Å². The van der Waals surface area contributed by atoms with Gasteiger partial charge in [-0.1, -0.05) is 19.8 Å². The van der Waals surface area contributed by atoms with E-state index >= 15 is 0 Å². The van der Waals surface area contributed by atoms with Crippen molar-refractivity contribution in [2.24, 2.45) is 0 Å². The highest BCUT2D eigenvalue weighted by molar-refractivity contribution is 5.74. The number of urea groups is 1. The Balaban J connectivity index is 1.67. The normalized spacial score (nSPS) is 29.1. The molecule has 0 spiro atoms. The van der Waals surface area contributed by atoms with Crippen LogP contribution in [0.4, 0.5) is 4.79 Å². The van der Waals surface area contributed by atoms with E-state index in [9.17, 15) is 9.90 Å². The standard InChI is InChI=1S/C15H29N3O2/c1-2-9-18-10-7-12(8-11-18)16-15(20)17-13-5-3-4-6-14(13)19/h12-14,19H,2-11H2,1H3,(H2,16,17,20)/t13-,14+/m1/s1. The van der Waals surface area contributed by atoms with Crippen molar-refractivity contribution in [1.29, 1.82) is 0 Å². The second-order valence-electron chi connectivity index (χ2n) is 6.19. The average Bonchev–Trinajstić information content (AvgIpc) is 2.44. The third kappa shape index (κ3) is 4.63. The highest BCUT2D eigenvalue weighted by atomic mass is 16.3. The minimum atomic E-state index is -0.374. The van der Waals surface area contributed by atoms with E-state index in [0.717, 1.165) is 58.2 Å². The van der Waals surface area contributed by atoms with Crippen LogP contribution in [0.25, 0.3) is 0 Å². The van der Waals surface area contributed by atoms with Crippen LogP contribution >= 0.6 is 0 Å². The first-order valence-corrected chi connectivity index (χ1v) is 8.16. The molecule has 2 aliphatic rings. The van der Waals surface area contributed by atoms with Gasteiger partial charge in [0.15, 0.2) is 0 Å². The van der Waals surface area contributed by atoms with Crippen molar-refractivity contribution >= 4 is 6.03 Å². The summed E-state index contributed by atoms with van der Waals surface area (Å²) >= 11 is 0. The maximum Gasteiger partial charge on any atom is 0.315 e. The largest absolute Gasteiger partial charge is 0.391 e. The SMILES string of the molecule is CCCN1CCC(NC(=O)N[C@@H]2CCCC[C@@H]2O)CC1. The third-order valence-corrected chi connectivity index (χ3v) is 4.51. The number of rotatable bonds is 4. The predicted octanol–water partition coefficient (Wildman–Crippen LogP) is 1.46. The first-order valence-electron chi connectivity index (χ1n) is 8.16. The molecule has 5 nitrogen and oxygen atoms in total. The molecular formula is C15H29N3O2. The lowest BCUT2D eigenvalue weighted by Gasteiger charge is -2.33. The van der Waals surface area contributed by atoms with Gasteiger partial charge in [0, 0.05) is 19.1 Å². The minimum absolute atomic E-state index is 0.0658. The third-order valence-electron chi connectivity index (χ3n) is 4.51. The number of carbonyl (C=O) groups excluding carboxylic acids is 1. The van der Waals surface area contributed by atoms with E-state index in [1.165, 1.54) is 6.42 Å². The summed E-state index contributed by atoms with van der Waals surface area (Å²) in [4.78, 5) is 14.4. The van der Waals surface area contributed by atoms with Crippen LogP contribution in [0, 0.1) is 0 Å². The summed E-state index contributed by atoms with van der Waals surface area (Å²) in [6.07, 6.45) is 6.73. The number of nitrogens with zero attached hydrogens (tertiary/aromatic N) is 1. The molecule has 5 heteroatoms. The maximum absolute atomic E-state index is 12.0. The Kier molecular flexibility index (Phi) is 6.10. The van der Waals surface area contributed by atoms with Gasteiger partial charge in [0.1, 0.15) is 0 Å². The molecule has 1 saturated heterocycles. The Morgan fingerprint density at radius 2 is 1.85 bits per heavy atom. The number of likely N-dealkylation sites (tertiary alicyclic amines) is 1. The molecule has 0 aromatic rings. The van der Waals surface area contributed by atoms with E-state index in [0.29, 0.717) is 0 Å². The van der Waals surface area contributed by atoms with Crippen molar-refractivity contribution in [2.75, 3.05) is 19.6 Å². The highest BCUT2D eigenvalue weighted by Gasteiger charge is 2.26. The smallest absolute Gasteiger partial charge is 0.315 e. The zero-order valence-electron chi connectivity index (χ0n) is 12.6. The van der Waals surface area contributed by atoms with Gasteiger partial charge in [-0.2, -0.15) is 0 Å². The van der Waals surface area contributed by atoms with Gasteiger partial charge in [-0.3, -0.25) is 0 Å². The Morgan fingerprint density at radius 3 is 2.50 bits per heavy atom. The number of hydrogen-bond donors (Lipinski definition) is 3. The van der Waals surface area contributed by atoms with Crippen molar-refractivity contribution in [3.63, 3.8) is 0 Å². The first kappa shape index (κ1) is 15.6. The van der Waals surface area contributed by atoms with Gasteiger partial charge in [0.25, 0.3) is 0 Å². The molecule has 0 bridgehead atoms. The molecule has 1 aliphatic carbocycles. The fraction of sp³-hybridized carbons (Fsp3) is 0.933. The summed E-state index contributed by atoms with van der Waals surface area (Å²) < 4.78 is 0. The molecule has 1 heterocycles. The molecular weight excluding hydrogens is 254 g/mol. The van der Waals surface area contributed by atoms with Crippen LogP contribution in [-0.2, 0) is 0 Å². The van der Waals surface area contributed by atoms with Crippen molar-refractivity contribution in [3.05, 3.63) is 0 Å². The molecule has 20 heavy (non-hydrogen) atoms. The number of aliphatic hydroxyl groups is 1. The maximum atomic E-state index is 12.0. The zero-order chi connectivity index (χ0) is 14.4. The van der Waals surface area contributed by atoms with Crippen molar-refractivity contribution in [2.45, 2.75) is 70.1 Å². The Hall–Kier alpha value is -0.810. The molecule has 1 aliphatic heterocycles. The Bertz CT molecular complexity index is 303. The van der Waals surface area contributed by atoms with E-state index in [1.54, 1.807) is 0 Å². The van der Waals surface area contributed by atoms with Gasteiger partial charge in [-0.15, -0.1) is 0 Å². The summed E-state index contributed by atoms with van der Waals surface area (Å²) in [7, 11) is 0. The van der Waals surface area contributed by atoms with Crippen molar-refractivity contribution in [1.82, 2.24) is 15.5 Å². The van der Waals surface area contributed by atoms with E-state index in [-0.39, 0.29) is 24.2 Å². The lowest BCUT2D eigenvalue weighted by molar-refractivity contribution is 0.0935. The monoisotopic (exact) mass is 283 g/mol. The van der Waals surface area contributed by atoms with E-state index in [2.05, 4.69) is 22.5 Å². The van der Waals surface area contributed by atoms with Crippen LogP contribution in [0.5, 0.6) is 0 Å². The van der Waals surface area contributed by atoms with Gasteiger partial charge in [-0.05, 0) is 38.6 Å². The average molecular weight is 283 g/mol. The van der Waals surface area contributed by atoms with Gasteiger partial charge < -0.3 is 20.6 Å². The van der Waals surface area contributed by atoms with E-state index < -0.39 is 0 Å². The number of amides is 2. The second-order valence-corrected chi connectivity index (χ2v) is 6.19. The van der Waals surface area contributed by atoms with E-state index in [4.69, 9.17) is 0 Å². The minimum Gasteiger partial charge on any atom is -0.391 e. The molecule has 1 saturated carbocycles. The summed E-state index contributed by atoms with van der Waals surface area (Å²) in [6.45, 7) is 5.51. The van der Waals surface area contributed by atoms with Crippen LogP contribution < -0.4 is 10.6 Å². The molecule has 2 fully saturated rings. The van der Waals surface area contributed by atoms with Crippen LogP contribution in [0.2, 0.25) is 0 Å². The van der Waals surface area contributed by atoms with Crippen LogP contribution in [0.3, 0.4) is 0 Å². The molecule has 2 atom stereocenters. The summed E-state index contributed by atoms with van der Waals surface area (Å²) in [5, 5.41) is 15.9. The van der Waals surface area contributed by atoms with E-state index in [1.807, 2.05) is 0 Å².